The molecule has 0 aliphatic carbocycles. The second-order valence-corrected chi connectivity index (χ2v) is 7.10. The summed E-state index contributed by atoms with van der Waals surface area (Å²) in [6.07, 6.45) is 6.14. The normalized spacial score (nSPS) is 12.8. The number of Topliss-reactive ketones (excluding diaryl/α,β-unsaturated/α-hetero) is 1. The van der Waals surface area contributed by atoms with E-state index in [9.17, 15) is 9.59 Å². The van der Waals surface area contributed by atoms with Crippen molar-refractivity contribution in [1.82, 2.24) is 10.2 Å². The Kier molecular flexibility index (Phi) is 5.06. The molecule has 1 aliphatic rings. The van der Waals surface area contributed by atoms with Crippen LogP contribution >= 0.6 is 0 Å². The van der Waals surface area contributed by atoms with Crippen molar-refractivity contribution in [2.45, 2.75) is 32.6 Å². The number of nitrogens with one attached hydrogen (secondary N) is 1. The molecule has 0 spiro atoms. The molecule has 0 saturated heterocycles. The first-order valence-electron chi connectivity index (χ1n) is 9.70. The van der Waals surface area contributed by atoms with Crippen LogP contribution in [0.3, 0.4) is 0 Å². The maximum absolute atomic E-state index is 12.4. The number of ketones is 1. The van der Waals surface area contributed by atoms with Gasteiger partial charge in [-0.25, -0.2) is 0 Å². The molecule has 0 radical (unpaired) electrons. The van der Waals surface area contributed by atoms with Crippen LogP contribution in [0.5, 0.6) is 0 Å². The number of H-pyrrole nitrogens is 1. The average molecular weight is 373 g/mol. The number of nitrogens with zero attached hydrogens (tertiary/aromatic N) is 2. The lowest BCUT2D eigenvalue weighted by atomic mass is 9.98. The number of carbonyl (C=O) groups is 2. The minimum absolute atomic E-state index is 0.135. The summed E-state index contributed by atoms with van der Waals surface area (Å²) in [6.45, 7) is 2.66. The molecule has 1 aromatic heterocycles. The molecule has 2 heterocycles. The topological polar surface area (TPSA) is 66.1 Å². The predicted octanol–water partition coefficient (Wildman–Crippen LogP) is 4.19. The third-order valence-corrected chi connectivity index (χ3v) is 5.31. The van der Waals surface area contributed by atoms with Crippen LogP contribution in [0.4, 0.5) is 5.69 Å². The van der Waals surface area contributed by atoms with Gasteiger partial charge in [0.05, 0.1) is 6.20 Å². The lowest BCUT2D eigenvalue weighted by Crippen LogP contribution is -2.27. The van der Waals surface area contributed by atoms with E-state index in [2.05, 4.69) is 22.3 Å². The van der Waals surface area contributed by atoms with Gasteiger partial charge in [0.2, 0.25) is 5.91 Å². The van der Waals surface area contributed by atoms with Crippen LogP contribution in [0.25, 0.3) is 11.1 Å². The average Bonchev–Trinajstić information content (AvgIpc) is 3.41. The fourth-order valence-corrected chi connectivity index (χ4v) is 3.70. The van der Waals surface area contributed by atoms with Gasteiger partial charge in [0.25, 0.3) is 0 Å². The maximum atomic E-state index is 12.4. The number of fused-ring (bicyclic) bond motifs is 1. The molecule has 4 rings (SSSR count). The number of amides is 1. The number of carbonyl (C=O) groups excluding carboxylic acids is 2. The highest BCUT2D eigenvalue weighted by Gasteiger charge is 2.23. The first-order valence-corrected chi connectivity index (χ1v) is 9.70. The summed E-state index contributed by atoms with van der Waals surface area (Å²) in [6, 6.07) is 14.0. The third kappa shape index (κ3) is 3.60. The van der Waals surface area contributed by atoms with Crippen molar-refractivity contribution >= 4 is 17.4 Å². The molecule has 142 valence electrons. The fourth-order valence-electron chi connectivity index (χ4n) is 3.70. The number of hydrogen-bond acceptors (Lipinski definition) is 3. The van der Waals surface area contributed by atoms with Gasteiger partial charge in [0, 0.05) is 36.8 Å². The zero-order valence-corrected chi connectivity index (χ0v) is 15.9. The molecule has 2 aromatic carbocycles. The number of aromatic nitrogens is 2. The molecule has 1 aliphatic heterocycles. The van der Waals surface area contributed by atoms with Crippen molar-refractivity contribution in [3.05, 3.63) is 71.5 Å². The monoisotopic (exact) mass is 373 g/mol. The van der Waals surface area contributed by atoms with Gasteiger partial charge in [-0.15, -0.1) is 0 Å². The van der Waals surface area contributed by atoms with E-state index in [4.69, 9.17) is 0 Å². The Hall–Kier alpha value is -3.21. The van der Waals surface area contributed by atoms with Crippen molar-refractivity contribution in [2.75, 3.05) is 11.4 Å². The number of rotatable bonds is 6. The van der Waals surface area contributed by atoms with Gasteiger partial charge in [-0.1, -0.05) is 37.3 Å². The molecule has 5 nitrogen and oxygen atoms in total. The minimum atomic E-state index is 0.135. The zero-order valence-electron chi connectivity index (χ0n) is 15.9. The Balaban J connectivity index is 1.47. The number of hydrogen-bond donors (Lipinski definition) is 1. The van der Waals surface area contributed by atoms with E-state index in [-0.39, 0.29) is 11.7 Å². The molecule has 1 N–H and O–H groups in total. The second-order valence-electron chi connectivity index (χ2n) is 7.10. The van der Waals surface area contributed by atoms with Crippen LogP contribution in [-0.4, -0.2) is 28.4 Å². The first-order chi connectivity index (χ1) is 13.7. The van der Waals surface area contributed by atoms with E-state index in [0.29, 0.717) is 19.3 Å². The van der Waals surface area contributed by atoms with Crippen molar-refractivity contribution in [3.63, 3.8) is 0 Å². The molecule has 5 heteroatoms. The lowest BCUT2D eigenvalue weighted by Gasteiger charge is -2.16. The number of aryl methyl sites for hydroxylation is 1. The summed E-state index contributed by atoms with van der Waals surface area (Å²) >= 11 is 0. The van der Waals surface area contributed by atoms with Crippen molar-refractivity contribution < 1.29 is 9.59 Å². The summed E-state index contributed by atoms with van der Waals surface area (Å²) in [7, 11) is 0. The smallest absolute Gasteiger partial charge is 0.226 e. The molecule has 28 heavy (non-hydrogen) atoms. The predicted molar refractivity (Wildman–Crippen MR) is 109 cm³/mol. The molecular weight excluding hydrogens is 350 g/mol. The van der Waals surface area contributed by atoms with E-state index < -0.39 is 0 Å². The molecule has 0 fully saturated rings. The molecule has 0 unspecified atom stereocenters. The van der Waals surface area contributed by atoms with Crippen molar-refractivity contribution in [2.24, 2.45) is 0 Å². The number of aromatic amines is 1. The van der Waals surface area contributed by atoms with Crippen LogP contribution in [0.15, 0.2) is 54.9 Å². The maximum Gasteiger partial charge on any atom is 0.226 e. The summed E-state index contributed by atoms with van der Waals surface area (Å²) in [5, 5.41) is 6.67. The fraction of sp³-hybridized carbons (Fsp3) is 0.261. The molecule has 1 amide bonds. The second kappa shape index (κ2) is 7.80. The SMILES string of the molecule is CCC(=O)N1CCc2cc(-c3ccc(C(=O)CCc4cn[nH]c4)cc3)ccc21. The Morgan fingerprint density at radius 3 is 2.61 bits per heavy atom. The Morgan fingerprint density at radius 1 is 1.11 bits per heavy atom. The largest absolute Gasteiger partial charge is 0.312 e. The number of benzene rings is 2. The van der Waals surface area contributed by atoms with Crippen LogP contribution in [0.2, 0.25) is 0 Å². The first kappa shape index (κ1) is 18.2. The highest BCUT2D eigenvalue weighted by molar-refractivity contribution is 5.97. The van der Waals surface area contributed by atoms with E-state index in [1.54, 1.807) is 6.20 Å². The Morgan fingerprint density at radius 2 is 1.89 bits per heavy atom. The van der Waals surface area contributed by atoms with Crippen molar-refractivity contribution in [1.29, 1.82) is 0 Å². The summed E-state index contributed by atoms with van der Waals surface area (Å²) in [5.74, 6) is 0.306. The lowest BCUT2D eigenvalue weighted by molar-refractivity contribution is -0.118. The van der Waals surface area contributed by atoms with E-state index in [1.807, 2.05) is 48.4 Å². The quantitative estimate of drug-likeness (QED) is 0.659. The van der Waals surface area contributed by atoms with Crippen LogP contribution in [0, 0.1) is 0 Å². The number of anilines is 1. The van der Waals surface area contributed by atoms with E-state index >= 15 is 0 Å². The van der Waals surface area contributed by atoms with Gasteiger partial charge in [0.1, 0.15) is 0 Å². The van der Waals surface area contributed by atoms with Crippen LogP contribution in [0.1, 0.15) is 41.3 Å². The third-order valence-electron chi connectivity index (χ3n) is 5.31. The Labute approximate surface area is 164 Å². The van der Waals surface area contributed by atoms with Crippen molar-refractivity contribution in [3.8, 4) is 11.1 Å². The zero-order chi connectivity index (χ0) is 19.5. The highest BCUT2D eigenvalue weighted by atomic mass is 16.2. The Bertz CT molecular complexity index is 991. The van der Waals surface area contributed by atoms with Gasteiger partial charge in [-0.05, 0) is 47.2 Å². The van der Waals surface area contributed by atoms with E-state index in [0.717, 1.165) is 40.9 Å². The molecule has 0 atom stereocenters. The standard InChI is InChI=1S/C23H23N3O2/c1-2-23(28)26-12-11-20-13-19(8-9-21(20)26)17-4-6-18(7-5-17)22(27)10-3-16-14-24-25-15-16/h4-9,13-15H,2-3,10-12H2,1H3,(H,24,25). The van der Waals surface area contributed by atoms with Gasteiger partial charge in [0.15, 0.2) is 5.78 Å². The van der Waals surface area contributed by atoms with Gasteiger partial charge in [-0.3, -0.25) is 14.7 Å². The van der Waals surface area contributed by atoms with Crippen LogP contribution in [-0.2, 0) is 17.6 Å². The summed E-state index contributed by atoms with van der Waals surface area (Å²) in [5.41, 5.74) is 6.20. The minimum Gasteiger partial charge on any atom is -0.312 e. The molecule has 0 bridgehead atoms. The summed E-state index contributed by atoms with van der Waals surface area (Å²) < 4.78 is 0. The molecule has 0 saturated carbocycles. The van der Waals surface area contributed by atoms with E-state index in [1.165, 1.54) is 5.56 Å². The highest BCUT2D eigenvalue weighted by Crippen LogP contribution is 2.32. The van der Waals surface area contributed by atoms with Gasteiger partial charge >= 0.3 is 0 Å². The van der Waals surface area contributed by atoms with Gasteiger partial charge in [-0.2, -0.15) is 5.10 Å². The van der Waals surface area contributed by atoms with Gasteiger partial charge < -0.3 is 4.90 Å². The molecule has 3 aromatic rings. The summed E-state index contributed by atoms with van der Waals surface area (Å²) in [4.78, 5) is 26.3. The molecular formula is C23H23N3O2. The van der Waals surface area contributed by atoms with Crippen LogP contribution < -0.4 is 4.90 Å².